The summed E-state index contributed by atoms with van der Waals surface area (Å²) in [6.45, 7) is 5.37. The quantitative estimate of drug-likeness (QED) is 0.810. The molecular formula is C14H22N2O2. The molecule has 0 atom stereocenters. The van der Waals surface area contributed by atoms with Gasteiger partial charge >= 0.3 is 0 Å². The highest BCUT2D eigenvalue weighted by Gasteiger charge is 2.11. The molecule has 2 N–H and O–H groups in total. The minimum atomic E-state index is -0.0609. The first kappa shape index (κ1) is 14.5. The Morgan fingerprint density at radius 2 is 2.17 bits per heavy atom. The number of anilines is 1. The summed E-state index contributed by atoms with van der Waals surface area (Å²) in [4.78, 5) is 13.5. The Kier molecular flexibility index (Phi) is 5.65. The first-order chi connectivity index (χ1) is 8.60. The molecule has 4 nitrogen and oxygen atoms in total. The van der Waals surface area contributed by atoms with Gasteiger partial charge in [-0.25, -0.2) is 0 Å². The molecule has 1 amide bonds. The first-order valence-electron chi connectivity index (χ1n) is 6.31. The van der Waals surface area contributed by atoms with E-state index in [-0.39, 0.29) is 12.5 Å². The molecule has 100 valence electrons. The van der Waals surface area contributed by atoms with E-state index in [1.54, 1.807) is 7.05 Å². The van der Waals surface area contributed by atoms with Crippen LogP contribution in [-0.2, 0) is 0 Å². The lowest BCUT2D eigenvalue weighted by Gasteiger charge is -2.17. The molecule has 0 radical (unpaired) electrons. The van der Waals surface area contributed by atoms with Gasteiger partial charge in [-0.1, -0.05) is 6.92 Å². The average molecular weight is 250 g/mol. The van der Waals surface area contributed by atoms with E-state index < -0.39 is 0 Å². The third-order valence-electron chi connectivity index (χ3n) is 2.82. The Labute approximate surface area is 109 Å². The second-order valence-electron chi connectivity index (χ2n) is 4.41. The molecule has 0 aliphatic carbocycles. The average Bonchev–Trinajstić information content (AvgIpc) is 2.36. The van der Waals surface area contributed by atoms with E-state index in [0.29, 0.717) is 12.1 Å². The number of aliphatic hydroxyl groups excluding tert-OH is 1. The van der Waals surface area contributed by atoms with Crippen molar-refractivity contribution in [3.8, 4) is 0 Å². The molecule has 0 bridgehead atoms. The maximum atomic E-state index is 12.0. The third kappa shape index (κ3) is 3.74. The largest absolute Gasteiger partial charge is 0.395 e. The molecule has 0 heterocycles. The Bertz CT molecular complexity index is 405. The van der Waals surface area contributed by atoms with Gasteiger partial charge in [-0.2, -0.15) is 0 Å². The Morgan fingerprint density at radius 1 is 1.44 bits per heavy atom. The number of benzene rings is 1. The summed E-state index contributed by atoms with van der Waals surface area (Å²) in [5.74, 6) is -0.0609. The van der Waals surface area contributed by atoms with Crippen LogP contribution in [0.5, 0.6) is 0 Å². The van der Waals surface area contributed by atoms with Gasteiger partial charge in [-0.05, 0) is 37.1 Å². The molecule has 4 heteroatoms. The van der Waals surface area contributed by atoms with E-state index in [4.69, 9.17) is 5.11 Å². The van der Waals surface area contributed by atoms with Gasteiger partial charge in [0.1, 0.15) is 0 Å². The lowest BCUT2D eigenvalue weighted by Crippen LogP contribution is -2.29. The van der Waals surface area contributed by atoms with Crippen LogP contribution in [0.25, 0.3) is 0 Å². The van der Waals surface area contributed by atoms with Gasteiger partial charge in [0.15, 0.2) is 0 Å². The number of aryl methyl sites for hydroxylation is 1. The minimum absolute atomic E-state index is 0.0165. The highest BCUT2D eigenvalue weighted by molar-refractivity contribution is 5.94. The van der Waals surface area contributed by atoms with Crippen molar-refractivity contribution < 1.29 is 9.90 Å². The van der Waals surface area contributed by atoms with E-state index in [1.165, 1.54) is 4.90 Å². The second kappa shape index (κ2) is 7.01. The smallest absolute Gasteiger partial charge is 0.253 e. The van der Waals surface area contributed by atoms with Gasteiger partial charge in [-0.3, -0.25) is 4.79 Å². The molecule has 0 saturated heterocycles. The van der Waals surface area contributed by atoms with E-state index >= 15 is 0 Å². The van der Waals surface area contributed by atoms with Crippen LogP contribution in [0.15, 0.2) is 18.2 Å². The summed E-state index contributed by atoms with van der Waals surface area (Å²) < 4.78 is 0. The molecule has 0 fully saturated rings. The van der Waals surface area contributed by atoms with Crippen molar-refractivity contribution in [3.05, 3.63) is 29.3 Å². The molecule has 18 heavy (non-hydrogen) atoms. The van der Waals surface area contributed by atoms with Crippen LogP contribution < -0.4 is 5.32 Å². The summed E-state index contributed by atoms with van der Waals surface area (Å²) in [5.41, 5.74) is 2.79. The topological polar surface area (TPSA) is 52.6 Å². The Balaban J connectivity index is 2.80. The van der Waals surface area contributed by atoms with Crippen molar-refractivity contribution in [1.29, 1.82) is 0 Å². The first-order valence-corrected chi connectivity index (χ1v) is 6.31. The summed E-state index contributed by atoms with van der Waals surface area (Å²) >= 11 is 0. The number of nitrogens with zero attached hydrogens (tertiary/aromatic N) is 1. The molecule has 0 spiro atoms. The number of carbonyl (C=O) groups excluding carboxylic acids is 1. The summed E-state index contributed by atoms with van der Waals surface area (Å²) in [5, 5.41) is 12.1. The summed E-state index contributed by atoms with van der Waals surface area (Å²) in [7, 11) is 1.69. The van der Waals surface area contributed by atoms with Crippen LogP contribution in [0.3, 0.4) is 0 Å². The van der Waals surface area contributed by atoms with Gasteiger partial charge in [0.25, 0.3) is 5.91 Å². The second-order valence-corrected chi connectivity index (χ2v) is 4.41. The molecule has 1 aromatic carbocycles. The van der Waals surface area contributed by atoms with Crippen LogP contribution in [0.1, 0.15) is 29.3 Å². The number of hydrogen-bond donors (Lipinski definition) is 2. The Morgan fingerprint density at radius 3 is 2.72 bits per heavy atom. The minimum Gasteiger partial charge on any atom is -0.395 e. The van der Waals surface area contributed by atoms with Crippen LogP contribution in [0, 0.1) is 6.92 Å². The van der Waals surface area contributed by atoms with Crippen molar-refractivity contribution in [2.75, 3.05) is 32.1 Å². The van der Waals surface area contributed by atoms with Gasteiger partial charge in [0, 0.05) is 31.4 Å². The van der Waals surface area contributed by atoms with Gasteiger partial charge in [0.05, 0.1) is 6.61 Å². The maximum Gasteiger partial charge on any atom is 0.253 e. The maximum absolute atomic E-state index is 12.0. The zero-order valence-corrected chi connectivity index (χ0v) is 11.4. The lowest BCUT2D eigenvalue weighted by atomic mass is 10.1. The molecule has 0 aliphatic heterocycles. The SMILES string of the molecule is CCCNc1ccc(C(=O)N(C)CCO)cc1C. The fourth-order valence-corrected chi connectivity index (χ4v) is 1.73. The monoisotopic (exact) mass is 250 g/mol. The highest BCUT2D eigenvalue weighted by Crippen LogP contribution is 2.17. The number of aliphatic hydroxyl groups is 1. The fraction of sp³-hybridized carbons (Fsp3) is 0.500. The van der Waals surface area contributed by atoms with Crippen molar-refractivity contribution in [2.24, 2.45) is 0 Å². The van der Waals surface area contributed by atoms with E-state index in [1.807, 2.05) is 25.1 Å². The number of likely N-dealkylation sites (N-methyl/N-ethyl adjacent to an activating group) is 1. The molecule has 0 aliphatic rings. The molecule has 1 rings (SSSR count). The third-order valence-corrected chi connectivity index (χ3v) is 2.82. The van der Waals surface area contributed by atoms with E-state index in [9.17, 15) is 4.79 Å². The highest BCUT2D eigenvalue weighted by atomic mass is 16.3. The van der Waals surface area contributed by atoms with Crippen LogP contribution >= 0.6 is 0 Å². The zero-order valence-electron chi connectivity index (χ0n) is 11.4. The van der Waals surface area contributed by atoms with E-state index in [0.717, 1.165) is 24.2 Å². The van der Waals surface area contributed by atoms with Crippen molar-refractivity contribution in [2.45, 2.75) is 20.3 Å². The van der Waals surface area contributed by atoms with Crippen LogP contribution in [-0.4, -0.2) is 42.7 Å². The van der Waals surface area contributed by atoms with Crippen LogP contribution in [0.4, 0.5) is 5.69 Å². The molecule has 1 aromatic rings. The number of amides is 1. The van der Waals surface area contributed by atoms with Gasteiger partial charge in [0.2, 0.25) is 0 Å². The van der Waals surface area contributed by atoms with Gasteiger partial charge < -0.3 is 15.3 Å². The van der Waals surface area contributed by atoms with Crippen molar-refractivity contribution >= 4 is 11.6 Å². The summed E-state index contributed by atoms with van der Waals surface area (Å²) in [6, 6.07) is 5.64. The molecule has 0 aromatic heterocycles. The standard InChI is InChI=1S/C14H22N2O2/c1-4-7-15-13-6-5-12(10-11(13)2)14(18)16(3)8-9-17/h5-6,10,15,17H,4,7-9H2,1-3H3. The summed E-state index contributed by atoms with van der Waals surface area (Å²) in [6.07, 6.45) is 1.07. The predicted molar refractivity (Wildman–Crippen MR) is 74.0 cm³/mol. The number of carbonyl (C=O) groups is 1. The normalized spacial score (nSPS) is 10.2. The zero-order chi connectivity index (χ0) is 13.5. The fourth-order valence-electron chi connectivity index (χ4n) is 1.73. The molecular weight excluding hydrogens is 228 g/mol. The number of rotatable bonds is 6. The predicted octanol–water partition coefficient (Wildman–Crippen LogP) is 1.88. The lowest BCUT2D eigenvalue weighted by molar-refractivity contribution is 0.0767. The van der Waals surface area contributed by atoms with Gasteiger partial charge in [-0.15, -0.1) is 0 Å². The van der Waals surface area contributed by atoms with Crippen LogP contribution in [0.2, 0.25) is 0 Å². The Hall–Kier alpha value is -1.55. The van der Waals surface area contributed by atoms with Crippen molar-refractivity contribution in [3.63, 3.8) is 0 Å². The number of hydrogen-bond acceptors (Lipinski definition) is 3. The molecule has 0 saturated carbocycles. The van der Waals surface area contributed by atoms with E-state index in [2.05, 4.69) is 12.2 Å². The number of nitrogens with one attached hydrogen (secondary N) is 1. The molecule has 0 unspecified atom stereocenters. The van der Waals surface area contributed by atoms with Crippen molar-refractivity contribution in [1.82, 2.24) is 4.90 Å².